The van der Waals surface area contributed by atoms with Gasteiger partial charge in [-0.15, -0.1) is 0 Å². The number of piperidine rings is 1. The Morgan fingerprint density at radius 3 is 2.47 bits per heavy atom. The molecule has 4 heteroatoms. The second-order valence-corrected chi connectivity index (χ2v) is 5.28. The van der Waals surface area contributed by atoms with Crippen molar-refractivity contribution in [3.63, 3.8) is 0 Å². The van der Waals surface area contributed by atoms with Gasteiger partial charge in [0.05, 0.1) is 5.56 Å². The van der Waals surface area contributed by atoms with E-state index in [4.69, 9.17) is 5.11 Å². The molecule has 2 rings (SSSR count). The first-order chi connectivity index (χ1) is 9.19. The molecule has 0 bridgehead atoms. The Balaban J connectivity index is 1.83. The van der Waals surface area contributed by atoms with Crippen LogP contribution in [0.5, 0.6) is 0 Å². The number of benzene rings is 1. The number of aromatic carboxylic acids is 1. The summed E-state index contributed by atoms with van der Waals surface area (Å²) in [6.07, 6.45) is 2.49. The number of rotatable bonds is 5. The Morgan fingerprint density at radius 2 is 1.95 bits per heavy atom. The van der Waals surface area contributed by atoms with Crippen LogP contribution in [0.2, 0.25) is 0 Å². The first kappa shape index (κ1) is 14.0. The average Bonchev–Trinajstić information content (AvgIpc) is 2.42. The van der Waals surface area contributed by atoms with Crippen molar-refractivity contribution in [2.45, 2.75) is 19.4 Å². The van der Waals surface area contributed by atoms with Gasteiger partial charge in [0.15, 0.2) is 0 Å². The zero-order valence-electron chi connectivity index (χ0n) is 11.4. The minimum atomic E-state index is -0.862. The molecule has 0 aliphatic carbocycles. The van der Waals surface area contributed by atoms with E-state index in [0.717, 1.165) is 32.1 Å². The molecule has 0 radical (unpaired) electrons. The molecular weight excluding hydrogens is 240 g/mol. The second kappa shape index (κ2) is 6.68. The van der Waals surface area contributed by atoms with E-state index in [1.54, 1.807) is 12.1 Å². The number of hydrogen-bond acceptors (Lipinski definition) is 3. The molecule has 1 aromatic carbocycles. The van der Waals surface area contributed by atoms with Gasteiger partial charge in [0.1, 0.15) is 0 Å². The van der Waals surface area contributed by atoms with Crippen molar-refractivity contribution in [1.82, 2.24) is 10.2 Å². The molecule has 0 saturated carbocycles. The van der Waals surface area contributed by atoms with Crippen LogP contribution < -0.4 is 5.32 Å². The third-order valence-electron chi connectivity index (χ3n) is 3.81. The molecule has 1 saturated heterocycles. The lowest BCUT2D eigenvalue weighted by molar-refractivity contribution is 0.0697. The van der Waals surface area contributed by atoms with Crippen molar-refractivity contribution in [3.05, 3.63) is 35.4 Å². The van der Waals surface area contributed by atoms with E-state index in [0.29, 0.717) is 5.56 Å². The molecule has 0 spiro atoms. The SMILES string of the molecule is CNCC1CCN(Cc2ccc(C(=O)O)cc2)CC1. The highest BCUT2D eigenvalue weighted by Gasteiger charge is 2.18. The van der Waals surface area contributed by atoms with E-state index in [2.05, 4.69) is 10.2 Å². The number of hydrogen-bond donors (Lipinski definition) is 2. The van der Waals surface area contributed by atoms with E-state index in [-0.39, 0.29) is 0 Å². The zero-order valence-corrected chi connectivity index (χ0v) is 11.4. The van der Waals surface area contributed by atoms with Crippen LogP contribution in [0.4, 0.5) is 0 Å². The number of carboxylic acid groups (broad SMARTS) is 1. The van der Waals surface area contributed by atoms with Crippen LogP contribution in [-0.4, -0.2) is 42.7 Å². The van der Waals surface area contributed by atoms with Gasteiger partial charge in [-0.05, 0) is 63.1 Å². The van der Waals surface area contributed by atoms with Crippen LogP contribution in [0.25, 0.3) is 0 Å². The van der Waals surface area contributed by atoms with Crippen LogP contribution in [0, 0.1) is 5.92 Å². The van der Waals surface area contributed by atoms with Crippen LogP contribution in [-0.2, 0) is 6.54 Å². The highest BCUT2D eigenvalue weighted by molar-refractivity contribution is 5.87. The molecule has 0 atom stereocenters. The number of carbonyl (C=O) groups is 1. The molecule has 4 nitrogen and oxygen atoms in total. The van der Waals surface area contributed by atoms with Gasteiger partial charge in [0.2, 0.25) is 0 Å². The number of nitrogens with zero attached hydrogens (tertiary/aromatic N) is 1. The topological polar surface area (TPSA) is 52.6 Å². The largest absolute Gasteiger partial charge is 0.478 e. The zero-order chi connectivity index (χ0) is 13.7. The van der Waals surface area contributed by atoms with Crippen molar-refractivity contribution in [3.8, 4) is 0 Å². The van der Waals surface area contributed by atoms with Crippen LogP contribution in [0.3, 0.4) is 0 Å². The number of carboxylic acids is 1. The summed E-state index contributed by atoms with van der Waals surface area (Å²) < 4.78 is 0. The summed E-state index contributed by atoms with van der Waals surface area (Å²) in [6, 6.07) is 7.21. The maximum atomic E-state index is 10.8. The highest BCUT2D eigenvalue weighted by Crippen LogP contribution is 2.18. The maximum absolute atomic E-state index is 10.8. The molecule has 1 heterocycles. The van der Waals surface area contributed by atoms with E-state index in [1.165, 1.54) is 18.4 Å². The maximum Gasteiger partial charge on any atom is 0.335 e. The van der Waals surface area contributed by atoms with Crippen molar-refractivity contribution >= 4 is 5.97 Å². The molecule has 104 valence electrons. The second-order valence-electron chi connectivity index (χ2n) is 5.28. The summed E-state index contributed by atoms with van der Waals surface area (Å²) in [6.45, 7) is 4.30. The Hall–Kier alpha value is -1.39. The van der Waals surface area contributed by atoms with Gasteiger partial charge in [-0.1, -0.05) is 12.1 Å². The molecule has 0 unspecified atom stereocenters. The molecule has 19 heavy (non-hydrogen) atoms. The molecule has 2 N–H and O–H groups in total. The normalized spacial score (nSPS) is 17.5. The van der Waals surface area contributed by atoms with Gasteiger partial charge in [0.25, 0.3) is 0 Å². The molecule has 0 aromatic heterocycles. The number of likely N-dealkylation sites (tertiary alicyclic amines) is 1. The van der Waals surface area contributed by atoms with E-state index in [9.17, 15) is 4.79 Å². The van der Waals surface area contributed by atoms with Gasteiger partial charge in [0, 0.05) is 6.54 Å². The smallest absolute Gasteiger partial charge is 0.335 e. The van der Waals surface area contributed by atoms with Gasteiger partial charge in [-0.25, -0.2) is 4.79 Å². The summed E-state index contributed by atoms with van der Waals surface area (Å²) >= 11 is 0. The highest BCUT2D eigenvalue weighted by atomic mass is 16.4. The minimum absolute atomic E-state index is 0.358. The van der Waals surface area contributed by atoms with Crippen LogP contribution in [0.15, 0.2) is 24.3 Å². The van der Waals surface area contributed by atoms with E-state index >= 15 is 0 Å². The standard InChI is InChI=1S/C15H22N2O2/c1-16-10-12-6-8-17(9-7-12)11-13-2-4-14(5-3-13)15(18)19/h2-5,12,16H,6-11H2,1H3,(H,18,19). The average molecular weight is 262 g/mol. The van der Waals surface area contributed by atoms with E-state index < -0.39 is 5.97 Å². The van der Waals surface area contributed by atoms with Gasteiger partial charge < -0.3 is 10.4 Å². The third-order valence-corrected chi connectivity index (χ3v) is 3.81. The summed E-state index contributed by atoms with van der Waals surface area (Å²) in [5, 5.41) is 12.1. The third kappa shape index (κ3) is 4.04. The Bertz CT molecular complexity index is 409. The lowest BCUT2D eigenvalue weighted by Gasteiger charge is -2.31. The lowest BCUT2D eigenvalue weighted by Crippen LogP contribution is -2.36. The molecule has 0 amide bonds. The lowest BCUT2D eigenvalue weighted by atomic mass is 9.96. The van der Waals surface area contributed by atoms with Crippen molar-refractivity contribution in [1.29, 1.82) is 0 Å². The molecule has 1 aromatic rings. The predicted octanol–water partition coefficient (Wildman–Crippen LogP) is 1.82. The number of nitrogens with one attached hydrogen (secondary N) is 1. The molecule has 1 aliphatic heterocycles. The Kier molecular flexibility index (Phi) is 4.93. The van der Waals surface area contributed by atoms with Gasteiger partial charge in [-0.2, -0.15) is 0 Å². The van der Waals surface area contributed by atoms with Crippen LogP contribution >= 0.6 is 0 Å². The predicted molar refractivity (Wildman–Crippen MR) is 75.3 cm³/mol. The molecular formula is C15H22N2O2. The molecule has 1 aliphatic rings. The van der Waals surface area contributed by atoms with Crippen LogP contribution in [0.1, 0.15) is 28.8 Å². The quantitative estimate of drug-likeness (QED) is 0.850. The monoisotopic (exact) mass is 262 g/mol. The summed E-state index contributed by atoms with van der Waals surface area (Å²) in [5.41, 5.74) is 1.55. The fourth-order valence-electron chi connectivity index (χ4n) is 2.65. The fraction of sp³-hybridized carbons (Fsp3) is 0.533. The first-order valence-corrected chi connectivity index (χ1v) is 6.88. The van der Waals surface area contributed by atoms with Gasteiger partial charge >= 0.3 is 5.97 Å². The fourth-order valence-corrected chi connectivity index (χ4v) is 2.65. The summed E-state index contributed by atoms with van der Waals surface area (Å²) in [7, 11) is 2.01. The molecule has 1 fully saturated rings. The van der Waals surface area contributed by atoms with E-state index in [1.807, 2.05) is 19.2 Å². The van der Waals surface area contributed by atoms with Crippen molar-refractivity contribution in [2.24, 2.45) is 5.92 Å². The minimum Gasteiger partial charge on any atom is -0.478 e. The van der Waals surface area contributed by atoms with Gasteiger partial charge in [-0.3, -0.25) is 4.90 Å². The summed E-state index contributed by atoms with van der Waals surface area (Å²) in [5.74, 6) is -0.0601. The summed E-state index contributed by atoms with van der Waals surface area (Å²) in [4.78, 5) is 13.2. The van der Waals surface area contributed by atoms with Crippen molar-refractivity contribution in [2.75, 3.05) is 26.7 Å². The first-order valence-electron chi connectivity index (χ1n) is 6.88. The Morgan fingerprint density at radius 1 is 1.32 bits per heavy atom. The van der Waals surface area contributed by atoms with Crippen molar-refractivity contribution < 1.29 is 9.90 Å². The Labute approximate surface area is 114 Å².